The first kappa shape index (κ1) is 17.2. The Balaban J connectivity index is 1.75. The molecule has 3 aromatic rings. The SMILES string of the molecule is CCOC(=O)CC(=O)c1ccsc1NC(=O)c1nc2ccccc2s1. The number of hydrogen-bond acceptors (Lipinski definition) is 7. The predicted octanol–water partition coefficient (Wildman–Crippen LogP) is 3.75. The van der Waals surface area contributed by atoms with E-state index in [2.05, 4.69) is 10.3 Å². The van der Waals surface area contributed by atoms with Crippen molar-refractivity contribution in [3.05, 3.63) is 46.3 Å². The van der Waals surface area contributed by atoms with Gasteiger partial charge in [0, 0.05) is 0 Å². The fourth-order valence-electron chi connectivity index (χ4n) is 2.19. The van der Waals surface area contributed by atoms with E-state index in [1.165, 1.54) is 22.7 Å². The Morgan fingerprint density at radius 3 is 2.76 bits per heavy atom. The van der Waals surface area contributed by atoms with Crippen molar-refractivity contribution in [3.63, 3.8) is 0 Å². The number of anilines is 1. The normalized spacial score (nSPS) is 10.6. The van der Waals surface area contributed by atoms with Gasteiger partial charge in [-0.25, -0.2) is 4.98 Å². The Morgan fingerprint density at radius 2 is 2.00 bits per heavy atom. The number of benzene rings is 1. The molecule has 6 nitrogen and oxygen atoms in total. The number of Topliss-reactive ketones (excluding diaryl/α,β-unsaturated/α-hetero) is 1. The maximum absolute atomic E-state index is 12.4. The number of para-hydroxylation sites is 1. The quantitative estimate of drug-likeness (QED) is 0.403. The zero-order valence-corrected chi connectivity index (χ0v) is 14.9. The number of thiazole rings is 1. The Morgan fingerprint density at radius 1 is 1.20 bits per heavy atom. The number of nitrogens with one attached hydrogen (secondary N) is 1. The van der Waals surface area contributed by atoms with Crippen LogP contribution < -0.4 is 5.32 Å². The van der Waals surface area contributed by atoms with E-state index in [4.69, 9.17) is 4.74 Å². The summed E-state index contributed by atoms with van der Waals surface area (Å²) in [6, 6.07) is 9.05. The minimum absolute atomic E-state index is 0.219. The lowest BCUT2D eigenvalue weighted by Crippen LogP contribution is -2.15. The van der Waals surface area contributed by atoms with Crippen LogP contribution in [-0.4, -0.2) is 29.3 Å². The third kappa shape index (κ3) is 3.92. The topological polar surface area (TPSA) is 85.4 Å². The summed E-state index contributed by atoms with van der Waals surface area (Å²) in [5.74, 6) is -1.35. The second kappa shape index (κ2) is 7.54. The number of carbonyl (C=O) groups excluding carboxylic acids is 3. The Kier molecular flexibility index (Phi) is 5.20. The highest BCUT2D eigenvalue weighted by Crippen LogP contribution is 2.27. The van der Waals surface area contributed by atoms with Crippen LogP contribution in [0.4, 0.5) is 5.00 Å². The van der Waals surface area contributed by atoms with Gasteiger partial charge in [-0.05, 0) is 30.5 Å². The molecule has 1 amide bonds. The van der Waals surface area contributed by atoms with Crippen LogP contribution in [0.1, 0.15) is 33.5 Å². The number of thiophene rings is 1. The van der Waals surface area contributed by atoms with Gasteiger partial charge in [0.15, 0.2) is 10.8 Å². The van der Waals surface area contributed by atoms with Gasteiger partial charge in [-0.1, -0.05) is 12.1 Å². The molecule has 0 saturated heterocycles. The van der Waals surface area contributed by atoms with Crippen LogP contribution in [0, 0.1) is 0 Å². The van der Waals surface area contributed by atoms with Gasteiger partial charge in [0.25, 0.3) is 5.91 Å². The molecular formula is C17H14N2O4S2. The Bertz CT molecular complexity index is 912. The largest absolute Gasteiger partial charge is 0.466 e. The first-order chi connectivity index (χ1) is 12.1. The van der Waals surface area contributed by atoms with Crippen LogP contribution in [0.25, 0.3) is 10.2 Å². The fraction of sp³-hybridized carbons (Fsp3) is 0.176. The molecule has 0 saturated carbocycles. The van der Waals surface area contributed by atoms with Crippen molar-refractivity contribution in [1.29, 1.82) is 0 Å². The summed E-state index contributed by atoms with van der Waals surface area (Å²) in [6.45, 7) is 1.90. The maximum Gasteiger partial charge on any atom is 0.313 e. The molecule has 2 heterocycles. The van der Waals surface area contributed by atoms with Crippen LogP contribution in [-0.2, 0) is 9.53 Å². The molecule has 0 atom stereocenters. The number of esters is 1. The van der Waals surface area contributed by atoms with E-state index in [1.54, 1.807) is 18.4 Å². The second-order valence-electron chi connectivity index (χ2n) is 5.01. The summed E-state index contributed by atoms with van der Waals surface area (Å²) in [5, 5.41) is 5.11. The van der Waals surface area contributed by atoms with Crippen LogP contribution in [0.2, 0.25) is 0 Å². The lowest BCUT2D eigenvalue weighted by molar-refractivity contribution is -0.141. The molecule has 0 unspecified atom stereocenters. The Labute approximate surface area is 151 Å². The average Bonchev–Trinajstić information content (AvgIpc) is 3.21. The molecule has 0 bridgehead atoms. The molecule has 0 aliphatic carbocycles. The number of ketones is 1. The molecule has 0 spiro atoms. The van der Waals surface area contributed by atoms with E-state index in [0.29, 0.717) is 15.6 Å². The summed E-state index contributed by atoms with van der Waals surface area (Å²) >= 11 is 2.50. The van der Waals surface area contributed by atoms with Gasteiger partial charge in [0.1, 0.15) is 11.4 Å². The molecule has 0 aliphatic heterocycles. The number of rotatable bonds is 6. The average molecular weight is 374 g/mol. The highest BCUT2D eigenvalue weighted by molar-refractivity contribution is 7.20. The summed E-state index contributed by atoms with van der Waals surface area (Å²) in [5.41, 5.74) is 1.05. The van der Waals surface area contributed by atoms with Gasteiger partial charge < -0.3 is 10.1 Å². The second-order valence-corrected chi connectivity index (χ2v) is 6.96. The van der Waals surface area contributed by atoms with Crippen molar-refractivity contribution >= 4 is 55.6 Å². The number of fused-ring (bicyclic) bond motifs is 1. The van der Waals surface area contributed by atoms with E-state index < -0.39 is 5.97 Å². The molecule has 3 rings (SSSR count). The van der Waals surface area contributed by atoms with Gasteiger partial charge in [-0.3, -0.25) is 14.4 Å². The molecule has 128 valence electrons. The van der Waals surface area contributed by atoms with Gasteiger partial charge in [0.05, 0.1) is 22.4 Å². The van der Waals surface area contributed by atoms with Crippen molar-refractivity contribution in [2.24, 2.45) is 0 Å². The molecule has 2 aromatic heterocycles. The molecule has 0 aliphatic rings. The maximum atomic E-state index is 12.4. The zero-order chi connectivity index (χ0) is 17.8. The molecule has 25 heavy (non-hydrogen) atoms. The minimum atomic E-state index is -0.581. The van der Waals surface area contributed by atoms with E-state index in [9.17, 15) is 14.4 Å². The van der Waals surface area contributed by atoms with E-state index >= 15 is 0 Å². The van der Waals surface area contributed by atoms with E-state index in [-0.39, 0.29) is 24.7 Å². The van der Waals surface area contributed by atoms with Crippen molar-refractivity contribution in [2.75, 3.05) is 11.9 Å². The highest BCUT2D eigenvalue weighted by Gasteiger charge is 2.20. The number of nitrogens with zero attached hydrogens (tertiary/aromatic N) is 1. The number of hydrogen-bond donors (Lipinski definition) is 1. The summed E-state index contributed by atoms with van der Waals surface area (Å²) < 4.78 is 5.70. The van der Waals surface area contributed by atoms with Gasteiger partial charge >= 0.3 is 5.97 Å². The van der Waals surface area contributed by atoms with Crippen LogP contribution in [0.5, 0.6) is 0 Å². The molecule has 1 aromatic carbocycles. The molecular weight excluding hydrogens is 360 g/mol. The molecule has 8 heteroatoms. The fourth-order valence-corrected chi connectivity index (χ4v) is 3.85. The standard InChI is InChI=1S/C17H14N2O4S2/c1-2-23-14(21)9-12(20)10-7-8-24-16(10)19-15(22)17-18-11-5-3-4-6-13(11)25-17/h3-8H,2,9H2,1H3,(H,19,22). The van der Waals surface area contributed by atoms with Crippen LogP contribution in [0.15, 0.2) is 35.7 Å². The summed E-state index contributed by atoms with van der Waals surface area (Å²) in [6.07, 6.45) is -0.353. The van der Waals surface area contributed by atoms with Crippen LogP contribution >= 0.6 is 22.7 Å². The number of amides is 1. The third-order valence-corrected chi connectivity index (χ3v) is 5.16. The predicted molar refractivity (Wildman–Crippen MR) is 97.5 cm³/mol. The minimum Gasteiger partial charge on any atom is -0.466 e. The van der Waals surface area contributed by atoms with E-state index in [1.807, 2.05) is 24.3 Å². The smallest absolute Gasteiger partial charge is 0.313 e. The van der Waals surface area contributed by atoms with Gasteiger partial charge in [0.2, 0.25) is 0 Å². The van der Waals surface area contributed by atoms with Crippen molar-refractivity contribution in [3.8, 4) is 0 Å². The van der Waals surface area contributed by atoms with Gasteiger partial charge in [-0.15, -0.1) is 22.7 Å². The first-order valence-electron chi connectivity index (χ1n) is 7.51. The molecule has 0 fully saturated rings. The van der Waals surface area contributed by atoms with Crippen molar-refractivity contribution in [1.82, 2.24) is 4.98 Å². The monoisotopic (exact) mass is 374 g/mol. The number of ether oxygens (including phenoxy) is 1. The number of aromatic nitrogens is 1. The molecule has 0 radical (unpaired) electrons. The summed E-state index contributed by atoms with van der Waals surface area (Å²) in [4.78, 5) is 40.4. The lowest BCUT2D eigenvalue weighted by Gasteiger charge is -2.04. The Hall–Kier alpha value is -2.58. The third-order valence-electron chi connectivity index (χ3n) is 3.29. The lowest BCUT2D eigenvalue weighted by atomic mass is 10.1. The van der Waals surface area contributed by atoms with Crippen molar-refractivity contribution < 1.29 is 19.1 Å². The van der Waals surface area contributed by atoms with Crippen LogP contribution in [0.3, 0.4) is 0 Å². The molecule has 1 N–H and O–H groups in total. The zero-order valence-electron chi connectivity index (χ0n) is 13.3. The van der Waals surface area contributed by atoms with Crippen molar-refractivity contribution in [2.45, 2.75) is 13.3 Å². The van der Waals surface area contributed by atoms with E-state index in [0.717, 1.165) is 10.2 Å². The first-order valence-corrected chi connectivity index (χ1v) is 9.21. The highest BCUT2D eigenvalue weighted by atomic mass is 32.1. The van der Waals surface area contributed by atoms with Gasteiger partial charge in [-0.2, -0.15) is 0 Å². The summed E-state index contributed by atoms with van der Waals surface area (Å²) in [7, 11) is 0. The number of carbonyl (C=O) groups is 3.